The molecule has 0 radical (unpaired) electrons. The van der Waals surface area contributed by atoms with Crippen molar-refractivity contribution in [2.24, 2.45) is 0 Å². The number of ether oxygens (including phenoxy) is 1. The summed E-state index contributed by atoms with van der Waals surface area (Å²) >= 11 is 0. The Morgan fingerprint density at radius 1 is 1.42 bits per heavy atom. The van der Waals surface area contributed by atoms with Crippen molar-refractivity contribution in [3.63, 3.8) is 0 Å². The van der Waals surface area contributed by atoms with Crippen molar-refractivity contribution in [1.29, 1.82) is 0 Å². The molecule has 2 unspecified atom stereocenters. The van der Waals surface area contributed by atoms with Gasteiger partial charge in [-0.25, -0.2) is 0 Å². The van der Waals surface area contributed by atoms with Gasteiger partial charge in [0.05, 0.1) is 12.7 Å². The summed E-state index contributed by atoms with van der Waals surface area (Å²) in [6.45, 7) is 1.66. The van der Waals surface area contributed by atoms with Crippen molar-refractivity contribution in [3.8, 4) is 0 Å². The molecule has 1 aliphatic rings. The molecule has 12 heavy (non-hydrogen) atoms. The van der Waals surface area contributed by atoms with Crippen LogP contribution in [-0.4, -0.2) is 44.7 Å². The van der Waals surface area contributed by atoms with E-state index in [2.05, 4.69) is 4.74 Å². The van der Waals surface area contributed by atoms with Gasteiger partial charge in [-0.2, -0.15) is 0 Å². The first-order valence-electron chi connectivity index (χ1n) is 3.93. The van der Waals surface area contributed by atoms with Crippen LogP contribution in [0.4, 0.5) is 0 Å². The highest BCUT2D eigenvalue weighted by Gasteiger charge is 2.58. The minimum absolute atomic E-state index is 0.0228. The monoisotopic (exact) mass is 178 g/mol. The molecule has 0 amide bonds. The quantitative estimate of drug-likeness (QED) is 0.388. The molecule has 0 aliphatic carbocycles. The first-order chi connectivity index (χ1) is 5.44. The van der Waals surface area contributed by atoms with E-state index in [0.717, 1.165) is 0 Å². The molecule has 1 rings (SSSR count). The SMILES string of the molecule is CCC(O)C1(O)CCOC1(O)O. The van der Waals surface area contributed by atoms with Crippen LogP contribution in [-0.2, 0) is 4.74 Å². The molecule has 1 heterocycles. The van der Waals surface area contributed by atoms with Gasteiger partial charge in [0, 0.05) is 6.42 Å². The van der Waals surface area contributed by atoms with E-state index in [1.54, 1.807) is 6.92 Å². The molecule has 72 valence electrons. The summed E-state index contributed by atoms with van der Waals surface area (Å²) in [6, 6.07) is 0. The van der Waals surface area contributed by atoms with Crippen LogP contribution in [0.5, 0.6) is 0 Å². The van der Waals surface area contributed by atoms with Gasteiger partial charge in [-0.15, -0.1) is 0 Å². The third-order valence-corrected chi connectivity index (χ3v) is 2.29. The highest BCUT2D eigenvalue weighted by Crippen LogP contribution is 2.35. The summed E-state index contributed by atoms with van der Waals surface area (Å²) in [5.74, 6) is -2.62. The highest BCUT2D eigenvalue weighted by molar-refractivity contribution is 4.96. The zero-order valence-corrected chi connectivity index (χ0v) is 6.90. The van der Waals surface area contributed by atoms with Crippen LogP contribution in [0.3, 0.4) is 0 Å². The number of aliphatic hydroxyl groups is 4. The maximum atomic E-state index is 9.61. The van der Waals surface area contributed by atoms with Crippen LogP contribution >= 0.6 is 0 Å². The van der Waals surface area contributed by atoms with Gasteiger partial charge in [0.15, 0.2) is 5.60 Å². The second kappa shape index (κ2) is 2.93. The van der Waals surface area contributed by atoms with Crippen LogP contribution in [0.2, 0.25) is 0 Å². The van der Waals surface area contributed by atoms with Crippen molar-refractivity contribution in [3.05, 3.63) is 0 Å². The second-order valence-corrected chi connectivity index (χ2v) is 3.06. The summed E-state index contributed by atoms with van der Waals surface area (Å²) < 4.78 is 4.48. The van der Waals surface area contributed by atoms with E-state index in [0.29, 0.717) is 0 Å². The lowest BCUT2D eigenvalue weighted by Crippen LogP contribution is -2.58. The number of hydrogen-bond acceptors (Lipinski definition) is 5. The summed E-state index contributed by atoms with van der Waals surface area (Å²) in [6.07, 6.45) is -0.924. The van der Waals surface area contributed by atoms with Crippen LogP contribution < -0.4 is 0 Å². The van der Waals surface area contributed by atoms with Gasteiger partial charge in [0.25, 0.3) is 0 Å². The summed E-state index contributed by atoms with van der Waals surface area (Å²) in [4.78, 5) is 0. The topological polar surface area (TPSA) is 90.2 Å². The van der Waals surface area contributed by atoms with E-state index in [1.165, 1.54) is 0 Å². The van der Waals surface area contributed by atoms with Crippen molar-refractivity contribution in [1.82, 2.24) is 0 Å². The Balaban J connectivity index is 2.82. The molecular formula is C7H14O5. The standard InChI is InChI=1S/C7H14O5/c1-2-5(8)6(9)3-4-12-7(6,10)11/h5,8-11H,2-4H2,1H3. The predicted octanol–water partition coefficient (Wildman–Crippen LogP) is -1.45. The van der Waals surface area contributed by atoms with Gasteiger partial charge in [-0.05, 0) is 6.42 Å². The average Bonchev–Trinajstić information content (AvgIpc) is 2.26. The Labute approximate surface area is 70.2 Å². The summed E-state index contributed by atoms with van der Waals surface area (Å²) in [7, 11) is 0. The molecule has 4 N–H and O–H groups in total. The zero-order valence-electron chi connectivity index (χ0n) is 6.90. The fourth-order valence-electron chi connectivity index (χ4n) is 1.36. The Morgan fingerprint density at radius 3 is 2.33 bits per heavy atom. The minimum atomic E-state index is -2.62. The molecule has 5 nitrogen and oxygen atoms in total. The molecule has 1 aliphatic heterocycles. The number of hydrogen-bond donors (Lipinski definition) is 4. The van der Waals surface area contributed by atoms with Gasteiger partial charge >= 0.3 is 5.97 Å². The lowest BCUT2D eigenvalue weighted by molar-refractivity contribution is -0.388. The smallest absolute Gasteiger partial charge is 0.311 e. The maximum absolute atomic E-state index is 9.61. The minimum Gasteiger partial charge on any atom is -0.390 e. The highest BCUT2D eigenvalue weighted by atomic mass is 16.8. The van der Waals surface area contributed by atoms with Gasteiger partial charge < -0.3 is 25.2 Å². The second-order valence-electron chi connectivity index (χ2n) is 3.06. The molecule has 0 aromatic heterocycles. The van der Waals surface area contributed by atoms with Crippen LogP contribution in [0.25, 0.3) is 0 Å². The van der Waals surface area contributed by atoms with E-state index in [-0.39, 0.29) is 19.4 Å². The Kier molecular flexibility index (Phi) is 2.42. The Hall–Kier alpha value is -0.200. The summed E-state index contributed by atoms with van der Waals surface area (Å²) in [5, 5.41) is 37.2. The number of aliphatic hydroxyl groups excluding tert-OH is 1. The molecule has 0 spiro atoms. The van der Waals surface area contributed by atoms with Gasteiger partial charge in [0.1, 0.15) is 0 Å². The maximum Gasteiger partial charge on any atom is 0.311 e. The largest absolute Gasteiger partial charge is 0.390 e. The molecule has 0 aromatic rings. The normalized spacial score (nSPS) is 36.8. The predicted molar refractivity (Wildman–Crippen MR) is 39.0 cm³/mol. The molecule has 0 aromatic carbocycles. The van der Waals surface area contributed by atoms with Crippen molar-refractivity contribution in [2.45, 2.75) is 37.4 Å². The molecule has 5 heteroatoms. The number of rotatable bonds is 2. The fraction of sp³-hybridized carbons (Fsp3) is 1.00. The third kappa shape index (κ3) is 1.23. The third-order valence-electron chi connectivity index (χ3n) is 2.29. The molecular weight excluding hydrogens is 164 g/mol. The van der Waals surface area contributed by atoms with E-state index in [4.69, 9.17) is 10.2 Å². The summed E-state index contributed by atoms with van der Waals surface area (Å²) in [5.41, 5.74) is -1.96. The van der Waals surface area contributed by atoms with E-state index < -0.39 is 17.7 Å². The van der Waals surface area contributed by atoms with Crippen LogP contribution in [0, 0.1) is 0 Å². The van der Waals surface area contributed by atoms with E-state index in [1.807, 2.05) is 0 Å². The van der Waals surface area contributed by atoms with E-state index in [9.17, 15) is 10.2 Å². The van der Waals surface area contributed by atoms with Crippen molar-refractivity contribution in [2.75, 3.05) is 6.61 Å². The van der Waals surface area contributed by atoms with E-state index >= 15 is 0 Å². The molecule has 2 atom stereocenters. The average molecular weight is 178 g/mol. The van der Waals surface area contributed by atoms with Gasteiger partial charge in [-0.1, -0.05) is 6.92 Å². The lowest BCUT2D eigenvalue weighted by atomic mass is 9.91. The van der Waals surface area contributed by atoms with Gasteiger partial charge in [0.2, 0.25) is 0 Å². The Bertz CT molecular complexity index is 169. The molecule has 1 fully saturated rings. The van der Waals surface area contributed by atoms with Crippen LogP contribution in [0.15, 0.2) is 0 Å². The lowest BCUT2D eigenvalue weighted by Gasteiger charge is -2.34. The Morgan fingerprint density at radius 2 is 2.00 bits per heavy atom. The van der Waals surface area contributed by atoms with Gasteiger partial charge in [-0.3, -0.25) is 0 Å². The van der Waals surface area contributed by atoms with Crippen LogP contribution in [0.1, 0.15) is 19.8 Å². The molecule has 0 bridgehead atoms. The van der Waals surface area contributed by atoms with Crippen molar-refractivity contribution < 1.29 is 25.2 Å². The fourth-order valence-corrected chi connectivity index (χ4v) is 1.36. The molecule has 1 saturated heterocycles. The van der Waals surface area contributed by atoms with Crippen molar-refractivity contribution >= 4 is 0 Å². The first kappa shape index (κ1) is 9.88. The molecule has 0 saturated carbocycles. The zero-order chi connectivity index (χ0) is 9.41. The first-order valence-corrected chi connectivity index (χ1v) is 3.93.